The molecule has 0 aromatic heterocycles. The summed E-state index contributed by atoms with van der Waals surface area (Å²) in [5.41, 5.74) is 0.972. The summed E-state index contributed by atoms with van der Waals surface area (Å²) in [7, 11) is 2.04. The second-order valence-corrected chi connectivity index (χ2v) is 7.04. The Morgan fingerprint density at radius 2 is 1.77 bits per heavy atom. The van der Waals surface area contributed by atoms with Gasteiger partial charge in [-0.25, -0.2) is 0 Å². The molecule has 0 bridgehead atoms. The van der Waals surface area contributed by atoms with Crippen LogP contribution in [0.3, 0.4) is 0 Å². The van der Waals surface area contributed by atoms with E-state index in [9.17, 15) is 13.6 Å². The lowest BCUT2D eigenvalue weighted by molar-refractivity contribution is -0.122. The molecule has 0 spiro atoms. The third-order valence-electron chi connectivity index (χ3n) is 4.98. The SMILES string of the molecule is CN(CC(=O)NCCc1ccc(OC(F)F)cc1)C1CCCCCCC1. The van der Waals surface area contributed by atoms with E-state index in [-0.39, 0.29) is 11.7 Å². The molecule has 1 saturated carbocycles. The van der Waals surface area contributed by atoms with Crippen LogP contribution >= 0.6 is 0 Å². The highest BCUT2D eigenvalue weighted by atomic mass is 19.3. The van der Waals surface area contributed by atoms with E-state index in [1.807, 2.05) is 7.05 Å². The van der Waals surface area contributed by atoms with Crippen molar-refractivity contribution in [2.75, 3.05) is 20.1 Å². The van der Waals surface area contributed by atoms with E-state index < -0.39 is 6.61 Å². The van der Waals surface area contributed by atoms with Crippen molar-refractivity contribution in [1.29, 1.82) is 0 Å². The number of nitrogens with one attached hydrogen (secondary N) is 1. The molecule has 1 fully saturated rings. The Kier molecular flexibility index (Phi) is 8.81. The maximum atomic E-state index is 12.2. The third kappa shape index (κ3) is 7.68. The van der Waals surface area contributed by atoms with Gasteiger partial charge >= 0.3 is 6.61 Å². The fraction of sp³-hybridized carbons (Fsp3) is 0.650. The molecule has 0 heterocycles. The minimum Gasteiger partial charge on any atom is -0.435 e. The van der Waals surface area contributed by atoms with Crippen LogP contribution in [0.25, 0.3) is 0 Å². The predicted octanol–water partition coefficient (Wildman–Crippen LogP) is 3.99. The van der Waals surface area contributed by atoms with Crippen LogP contribution in [0.2, 0.25) is 0 Å². The molecule has 0 aliphatic heterocycles. The molecular weight excluding hydrogens is 338 g/mol. The predicted molar refractivity (Wildman–Crippen MR) is 98.5 cm³/mol. The lowest BCUT2D eigenvalue weighted by Crippen LogP contribution is -2.41. The summed E-state index contributed by atoms with van der Waals surface area (Å²) in [5.74, 6) is 0.181. The molecule has 2 rings (SSSR count). The zero-order valence-corrected chi connectivity index (χ0v) is 15.6. The number of carbonyl (C=O) groups excluding carboxylic acids is 1. The van der Waals surface area contributed by atoms with Crippen molar-refractivity contribution in [3.63, 3.8) is 0 Å². The van der Waals surface area contributed by atoms with Gasteiger partial charge in [0, 0.05) is 12.6 Å². The molecule has 146 valence electrons. The van der Waals surface area contributed by atoms with E-state index in [0.29, 0.717) is 25.6 Å². The molecular formula is C20H30F2N2O2. The minimum absolute atomic E-state index is 0.0345. The Balaban J connectivity index is 1.67. The van der Waals surface area contributed by atoms with Gasteiger partial charge < -0.3 is 10.1 Å². The normalized spacial score (nSPS) is 16.3. The fourth-order valence-corrected chi connectivity index (χ4v) is 3.47. The van der Waals surface area contributed by atoms with Gasteiger partial charge in [0.1, 0.15) is 5.75 Å². The number of amides is 1. The molecule has 1 aliphatic rings. The summed E-state index contributed by atoms with van der Waals surface area (Å²) in [6.45, 7) is -1.85. The number of benzene rings is 1. The van der Waals surface area contributed by atoms with Crippen molar-refractivity contribution in [1.82, 2.24) is 10.2 Å². The van der Waals surface area contributed by atoms with Crippen molar-refractivity contribution in [2.24, 2.45) is 0 Å². The molecule has 26 heavy (non-hydrogen) atoms. The Hall–Kier alpha value is -1.69. The number of rotatable bonds is 8. The zero-order chi connectivity index (χ0) is 18.8. The lowest BCUT2D eigenvalue weighted by Gasteiger charge is -2.29. The van der Waals surface area contributed by atoms with Crippen LogP contribution in [0.1, 0.15) is 50.5 Å². The smallest absolute Gasteiger partial charge is 0.387 e. The number of hydrogen-bond donors (Lipinski definition) is 1. The summed E-state index contributed by atoms with van der Waals surface area (Å²) in [5, 5.41) is 2.94. The van der Waals surface area contributed by atoms with Crippen LogP contribution in [0.15, 0.2) is 24.3 Å². The Labute approximate surface area is 154 Å². The van der Waals surface area contributed by atoms with Gasteiger partial charge in [0.05, 0.1) is 6.54 Å². The van der Waals surface area contributed by atoms with Crippen molar-refractivity contribution in [3.8, 4) is 5.75 Å². The maximum absolute atomic E-state index is 12.2. The molecule has 1 amide bonds. The topological polar surface area (TPSA) is 41.6 Å². The van der Waals surface area contributed by atoms with Gasteiger partial charge in [-0.1, -0.05) is 44.2 Å². The molecule has 0 radical (unpaired) electrons. The lowest BCUT2D eigenvalue weighted by atomic mass is 9.96. The van der Waals surface area contributed by atoms with Crippen molar-refractivity contribution >= 4 is 5.91 Å². The maximum Gasteiger partial charge on any atom is 0.387 e. The number of hydrogen-bond acceptors (Lipinski definition) is 3. The average molecular weight is 368 g/mol. The van der Waals surface area contributed by atoms with Crippen LogP contribution in [0.4, 0.5) is 8.78 Å². The molecule has 1 N–H and O–H groups in total. The van der Waals surface area contributed by atoms with E-state index in [2.05, 4.69) is 15.0 Å². The highest BCUT2D eigenvalue weighted by Gasteiger charge is 2.18. The average Bonchev–Trinajstić information content (AvgIpc) is 2.55. The first-order valence-corrected chi connectivity index (χ1v) is 9.55. The quantitative estimate of drug-likeness (QED) is 0.754. The van der Waals surface area contributed by atoms with Crippen LogP contribution < -0.4 is 10.1 Å². The van der Waals surface area contributed by atoms with E-state index in [0.717, 1.165) is 5.56 Å². The third-order valence-corrected chi connectivity index (χ3v) is 4.98. The number of alkyl halides is 2. The van der Waals surface area contributed by atoms with Gasteiger partial charge in [-0.05, 0) is 44.0 Å². The number of carbonyl (C=O) groups is 1. The van der Waals surface area contributed by atoms with Gasteiger partial charge in [-0.3, -0.25) is 9.69 Å². The Morgan fingerprint density at radius 3 is 2.38 bits per heavy atom. The standard InChI is InChI=1S/C20H30F2N2O2/c1-24(17-7-5-3-2-4-6-8-17)15-19(25)23-14-13-16-9-11-18(12-10-16)26-20(21)22/h9-12,17,20H,2-8,13-15H2,1H3,(H,23,25). The number of ether oxygens (including phenoxy) is 1. The first kappa shape index (κ1) is 20.6. The van der Waals surface area contributed by atoms with E-state index in [1.165, 1.54) is 57.1 Å². The summed E-state index contributed by atoms with van der Waals surface area (Å²) in [4.78, 5) is 14.3. The number of likely N-dealkylation sites (N-methyl/N-ethyl adjacent to an activating group) is 1. The second kappa shape index (κ2) is 11.1. The van der Waals surface area contributed by atoms with Crippen molar-refractivity contribution in [2.45, 2.75) is 64.0 Å². The highest BCUT2D eigenvalue weighted by Crippen LogP contribution is 2.20. The molecule has 1 aromatic rings. The molecule has 0 atom stereocenters. The Bertz CT molecular complexity index is 529. The summed E-state index contributed by atoms with van der Waals surface area (Å²) in [6.07, 6.45) is 9.47. The van der Waals surface area contributed by atoms with Crippen LogP contribution in [-0.2, 0) is 11.2 Å². The van der Waals surface area contributed by atoms with E-state index in [1.54, 1.807) is 12.1 Å². The van der Waals surface area contributed by atoms with Gasteiger partial charge in [0.25, 0.3) is 0 Å². The van der Waals surface area contributed by atoms with E-state index >= 15 is 0 Å². The molecule has 1 aliphatic carbocycles. The van der Waals surface area contributed by atoms with Crippen LogP contribution in [-0.4, -0.2) is 43.6 Å². The minimum atomic E-state index is -2.81. The molecule has 6 heteroatoms. The zero-order valence-electron chi connectivity index (χ0n) is 15.6. The number of nitrogens with zero attached hydrogens (tertiary/aromatic N) is 1. The van der Waals surface area contributed by atoms with Gasteiger partial charge in [0.2, 0.25) is 5.91 Å². The first-order valence-electron chi connectivity index (χ1n) is 9.55. The number of halogens is 2. The van der Waals surface area contributed by atoms with Crippen LogP contribution in [0, 0.1) is 0 Å². The first-order chi connectivity index (χ1) is 12.5. The molecule has 0 unspecified atom stereocenters. The van der Waals surface area contributed by atoms with Gasteiger partial charge in [0.15, 0.2) is 0 Å². The second-order valence-electron chi connectivity index (χ2n) is 7.04. The van der Waals surface area contributed by atoms with Crippen molar-refractivity contribution in [3.05, 3.63) is 29.8 Å². The summed E-state index contributed by atoms with van der Waals surface area (Å²) < 4.78 is 28.6. The molecule has 1 aromatic carbocycles. The highest BCUT2D eigenvalue weighted by molar-refractivity contribution is 5.78. The van der Waals surface area contributed by atoms with E-state index in [4.69, 9.17) is 0 Å². The monoisotopic (exact) mass is 368 g/mol. The van der Waals surface area contributed by atoms with Gasteiger partial charge in [-0.15, -0.1) is 0 Å². The molecule has 4 nitrogen and oxygen atoms in total. The largest absolute Gasteiger partial charge is 0.435 e. The Morgan fingerprint density at radius 1 is 1.15 bits per heavy atom. The van der Waals surface area contributed by atoms with Crippen molar-refractivity contribution < 1.29 is 18.3 Å². The fourth-order valence-electron chi connectivity index (χ4n) is 3.47. The molecule has 0 saturated heterocycles. The van der Waals surface area contributed by atoms with Gasteiger partial charge in [-0.2, -0.15) is 8.78 Å². The van der Waals surface area contributed by atoms with Crippen LogP contribution in [0.5, 0.6) is 5.75 Å². The summed E-state index contributed by atoms with van der Waals surface area (Å²) in [6, 6.07) is 7.02. The summed E-state index contributed by atoms with van der Waals surface area (Å²) >= 11 is 0.